The molecule has 2 N–H and O–H groups in total. The minimum absolute atomic E-state index is 0.0131. The quantitative estimate of drug-likeness (QED) is 0.307. The zero-order valence-electron chi connectivity index (χ0n) is 26.9. The molecule has 4 aliphatic rings. The number of nitrogens with zero attached hydrogens (tertiary/aromatic N) is 7. The molecule has 0 unspecified atom stereocenters. The standard InChI is InChI=1S/C35H39ClF2N8O2/c1-21(40)6-9-28(47)46-15-14-44(19-24(46)10-12-39)33-26-17-41-31(25-4-2-5-27(36)29(25)22-7-8-22)30(38)32(26)42-34(43-33)48-20-35-11-3-13-45(35)18-23(37)16-35/h2,4-6,9,17,21-24H,3,7-8,10-11,13-16,18-20,40H2,1H3/b9-6+/t21-,23+,24-,35-/m0/s1. The highest BCUT2D eigenvalue weighted by atomic mass is 35.5. The van der Waals surface area contributed by atoms with Crippen molar-refractivity contribution in [1.29, 1.82) is 5.26 Å². The molecule has 0 bridgehead atoms. The first-order chi connectivity index (χ1) is 23.2. The number of ether oxygens (including phenoxy) is 1. The number of hydrogen-bond donors (Lipinski definition) is 1. The van der Waals surface area contributed by atoms with Crippen molar-refractivity contribution in [2.75, 3.05) is 44.2 Å². The normalized spacial score (nSPS) is 25.1. The van der Waals surface area contributed by atoms with Gasteiger partial charge in [-0.1, -0.05) is 29.8 Å². The number of hydrogen-bond acceptors (Lipinski definition) is 9. The third kappa shape index (κ3) is 6.19. The monoisotopic (exact) mass is 676 g/mol. The lowest BCUT2D eigenvalue weighted by molar-refractivity contribution is -0.128. The Kier molecular flexibility index (Phi) is 8.96. The van der Waals surface area contributed by atoms with Crippen molar-refractivity contribution < 1.29 is 18.3 Å². The Morgan fingerprint density at radius 3 is 2.88 bits per heavy atom. The molecule has 3 saturated heterocycles. The summed E-state index contributed by atoms with van der Waals surface area (Å²) in [4.78, 5) is 32.8. The number of aromatic nitrogens is 3. The molecular weight excluding hydrogens is 638 g/mol. The van der Waals surface area contributed by atoms with Gasteiger partial charge in [-0.3, -0.25) is 14.7 Å². The summed E-state index contributed by atoms with van der Waals surface area (Å²) in [5.74, 6) is -0.182. The van der Waals surface area contributed by atoms with Gasteiger partial charge in [-0.25, -0.2) is 8.78 Å². The van der Waals surface area contributed by atoms with E-state index in [-0.39, 0.29) is 54.7 Å². The molecule has 13 heteroatoms. The van der Waals surface area contributed by atoms with Crippen molar-refractivity contribution in [2.45, 2.75) is 75.2 Å². The van der Waals surface area contributed by atoms with Crippen molar-refractivity contribution in [1.82, 2.24) is 24.8 Å². The van der Waals surface area contributed by atoms with E-state index < -0.39 is 23.6 Å². The van der Waals surface area contributed by atoms with Crippen LogP contribution in [0.2, 0.25) is 5.02 Å². The first-order valence-electron chi connectivity index (χ1n) is 16.7. The van der Waals surface area contributed by atoms with Gasteiger partial charge in [0.25, 0.3) is 0 Å². The number of alkyl halides is 1. The molecule has 0 spiro atoms. The van der Waals surface area contributed by atoms with Gasteiger partial charge in [-0.05, 0) is 56.7 Å². The second kappa shape index (κ2) is 13.2. The predicted octanol–water partition coefficient (Wildman–Crippen LogP) is 5.15. The lowest BCUT2D eigenvalue weighted by Gasteiger charge is -2.41. The van der Waals surface area contributed by atoms with Gasteiger partial charge in [-0.2, -0.15) is 15.2 Å². The van der Waals surface area contributed by atoms with E-state index in [1.807, 2.05) is 17.0 Å². The lowest BCUT2D eigenvalue weighted by Crippen LogP contribution is -2.55. The van der Waals surface area contributed by atoms with Crippen molar-refractivity contribution >= 4 is 34.2 Å². The number of nitrogens with two attached hydrogens (primary N) is 1. The van der Waals surface area contributed by atoms with Crippen LogP contribution in [0.5, 0.6) is 6.01 Å². The summed E-state index contributed by atoms with van der Waals surface area (Å²) in [6.45, 7) is 4.11. The number of amides is 1. The summed E-state index contributed by atoms with van der Waals surface area (Å²) in [5.41, 5.74) is 7.08. The molecule has 3 aromatic rings. The number of anilines is 1. The molecule has 4 fully saturated rings. The minimum Gasteiger partial charge on any atom is -0.461 e. The smallest absolute Gasteiger partial charge is 0.319 e. The second-order valence-corrected chi connectivity index (χ2v) is 14.0. The molecule has 7 rings (SSSR count). The average Bonchev–Trinajstić information content (AvgIpc) is 3.76. The van der Waals surface area contributed by atoms with Crippen LogP contribution in [-0.4, -0.2) is 93.8 Å². The van der Waals surface area contributed by atoms with Crippen molar-refractivity contribution in [3.8, 4) is 23.3 Å². The van der Waals surface area contributed by atoms with E-state index in [1.54, 1.807) is 30.2 Å². The Morgan fingerprint density at radius 2 is 2.10 bits per heavy atom. The number of carbonyl (C=O) groups excluding carboxylic acids is 1. The molecule has 1 aliphatic carbocycles. The van der Waals surface area contributed by atoms with Gasteiger partial charge < -0.3 is 20.3 Å². The Morgan fingerprint density at radius 1 is 1.27 bits per heavy atom. The first kappa shape index (κ1) is 32.6. The van der Waals surface area contributed by atoms with Crippen molar-refractivity contribution in [3.63, 3.8) is 0 Å². The molecule has 1 saturated carbocycles. The number of halogens is 3. The first-order valence-corrected chi connectivity index (χ1v) is 17.1. The molecule has 5 heterocycles. The summed E-state index contributed by atoms with van der Waals surface area (Å²) in [6.07, 6.45) is 7.91. The van der Waals surface area contributed by atoms with E-state index >= 15 is 4.39 Å². The zero-order valence-corrected chi connectivity index (χ0v) is 27.7. The van der Waals surface area contributed by atoms with Gasteiger partial charge in [0.2, 0.25) is 5.91 Å². The fraction of sp³-hybridized carbons (Fsp3) is 0.514. The third-order valence-corrected chi connectivity index (χ3v) is 10.4. The third-order valence-electron chi connectivity index (χ3n) is 10.1. The maximum Gasteiger partial charge on any atom is 0.319 e. The maximum absolute atomic E-state index is 16.8. The molecule has 1 aromatic carbocycles. The van der Waals surface area contributed by atoms with Crippen LogP contribution in [0.3, 0.4) is 0 Å². The zero-order chi connectivity index (χ0) is 33.6. The maximum atomic E-state index is 16.8. The second-order valence-electron chi connectivity index (χ2n) is 13.6. The molecule has 252 valence electrons. The van der Waals surface area contributed by atoms with Crippen LogP contribution in [0, 0.1) is 17.1 Å². The van der Waals surface area contributed by atoms with Crippen molar-refractivity contribution in [2.24, 2.45) is 5.73 Å². The van der Waals surface area contributed by atoms with Gasteiger partial charge in [-0.15, -0.1) is 0 Å². The van der Waals surface area contributed by atoms with Crippen LogP contribution in [-0.2, 0) is 4.79 Å². The van der Waals surface area contributed by atoms with Gasteiger partial charge >= 0.3 is 6.01 Å². The summed E-state index contributed by atoms with van der Waals surface area (Å²) >= 11 is 6.61. The van der Waals surface area contributed by atoms with Crippen LogP contribution < -0.4 is 15.4 Å². The molecule has 1 amide bonds. The lowest BCUT2D eigenvalue weighted by atomic mass is 9.95. The van der Waals surface area contributed by atoms with Gasteiger partial charge in [0, 0.05) is 61.5 Å². The summed E-state index contributed by atoms with van der Waals surface area (Å²) in [6, 6.07) is 6.89. The highest BCUT2D eigenvalue weighted by Crippen LogP contribution is 2.48. The average molecular weight is 677 g/mol. The number of nitriles is 1. The molecular formula is C35H39ClF2N8O2. The topological polar surface area (TPSA) is 124 Å². The Bertz CT molecular complexity index is 1800. The Hall–Kier alpha value is -3.92. The molecule has 3 aliphatic heterocycles. The number of benzene rings is 1. The van der Waals surface area contributed by atoms with E-state index in [0.29, 0.717) is 47.8 Å². The highest BCUT2D eigenvalue weighted by Gasteiger charge is 2.49. The fourth-order valence-corrected chi connectivity index (χ4v) is 7.97. The SMILES string of the molecule is C[C@H](N)/C=C/C(=O)N1CCN(c2nc(OC[C@@]34CCCN3C[C@H](F)C4)nc3c(F)c(-c4cccc(Cl)c4C4CC4)ncc23)C[C@@H]1CC#N. The number of carbonyl (C=O) groups is 1. The van der Waals surface area contributed by atoms with Crippen LogP contribution >= 0.6 is 11.6 Å². The number of piperazine rings is 1. The molecule has 48 heavy (non-hydrogen) atoms. The van der Waals surface area contributed by atoms with E-state index in [4.69, 9.17) is 27.1 Å². The molecule has 0 radical (unpaired) electrons. The van der Waals surface area contributed by atoms with Crippen LogP contribution in [0.25, 0.3) is 22.2 Å². The van der Waals surface area contributed by atoms with Gasteiger partial charge in [0.05, 0.1) is 29.5 Å². The Balaban J connectivity index is 1.28. The van der Waals surface area contributed by atoms with E-state index in [1.165, 1.54) is 6.08 Å². The highest BCUT2D eigenvalue weighted by molar-refractivity contribution is 6.32. The van der Waals surface area contributed by atoms with E-state index in [2.05, 4.69) is 20.9 Å². The fourth-order valence-electron chi connectivity index (χ4n) is 7.64. The Labute approximate surface area is 283 Å². The predicted molar refractivity (Wildman–Crippen MR) is 179 cm³/mol. The number of pyridine rings is 1. The van der Waals surface area contributed by atoms with Crippen LogP contribution in [0.15, 0.2) is 36.5 Å². The minimum atomic E-state index is -0.926. The summed E-state index contributed by atoms with van der Waals surface area (Å²) in [7, 11) is 0. The molecule has 2 aromatic heterocycles. The largest absolute Gasteiger partial charge is 0.461 e. The van der Waals surface area contributed by atoms with Gasteiger partial charge in [0.1, 0.15) is 29.8 Å². The van der Waals surface area contributed by atoms with E-state index in [9.17, 15) is 14.4 Å². The summed E-state index contributed by atoms with van der Waals surface area (Å²) < 4.78 is 37.5. The van der Waals surface area contributed by atoms with Crippen LogP contribution in [0.1, 0.15) is 56.9 Å². The van der Waals surface area contributed by atoms with Crippen LogP contribution in [0.4, 0.5) is 14.6 Å². The molecule has 4 atom stereocenters. The number of rotatable bonds is 9. The van der Waals surface area contributed by atoms with Gasteiger partial charge in [0.15, 0.2) is 5.82 Å². The van der Waals surface area contributed by atoms with E-state index in [0.717, 1.165) is 37.8 Å². The van der Waals surface area contributed by atoms with Crippen molar-refractivity contribution in [3.05, 3.63) is 53.0 Å². The summed E-state index contributed by atoms with van der Waals surface area (Å²) in [5, 5.41) is 10.6. The molecule has 10 nitrogen and oxygen atoms in total. The number of fused-ring (bicyclic) bond motifs is 2.